The quantitative estimate of drug-likeness (QED) is 0.836. The first kappa shape index (κ1) is 12.5. The minimum atomic E-state index is -0.208. The number of aromatic hydroxyl groups is 2. The van der Waals surface area contributed by atoms with E-state index in [0.29, 0.717) is 6.54 Å². The van der Waals surface area contributed by atoms with Gasteiger partial charge in [-0.05, 0) is 42.7 Å². The van der Waals surface area contributed by atoms with Crippen molar-refractivity contribution in [2.24, 2.45) is 0 Å². The van der Waals surface area contributed by atoms with E-state index in [1.54, 1.807) is 4.90 Å². The van der Waals surface area contributed by atoms with Gasteiger partial charge in [0.15, 0.2) is 0 Å². The topological polar surface area (TPSA) is 60.8 Å². The predicted octanol–water partition coefficient (Wildman–Crippen LogP) is 2.61. The van der Waals surface area contributed by atoms with Gasteiger partial charge >= 0.3 is 0 Å². The number of carbonyl (C=O) groups is 1. The third-order valence-electron chi connectivity index (χ3n) is 3.66. The van der Waals surface area contributed by atoms with Crippen molar-refractivity contribution in [3.05, 3.63) is 53.1 Å². The Morgan fingerprint density at radius 2 is 1.85 bits per heavy atom. The Bertz CT molecular complexity index is 674. The number of hydrogen-bond acceptors (Lipinski definition) is 3. The standard InChI is InChI=1S/C16H15NO3/c1-10-3-2-4-15-14(10)5-6-17(15)16(20)11-7-12(18)9-13(19)8-11/h2-4,7-9,18-19H,5-6H2,1H3. The van der Waals surface area contributed by atoms with Crippen molar-refractivity contribution in [1.29, 1.82) is 0 Å². The van der Waals surface area contributed by atoms with E-state index < -0.39 is 0 Å². The number of anilines is 1. The van der Waals surface area contributed by atoms with E-state index in [9.17, 15) is 15.0 Å². The van der Waals surface area contributed by atoms with Crippen molar-refractivity contribution in [2.75, 3.05) is 11.4 Å². The second-order valence-corrected chi connectivity index (χ2v) is 5.02. The highest BCUT2D eigenvalue weighted by molar-refractivity contribution is 6.07. The molecule has 0 aromatic heterocycles. The Balaban J connectivity index is 2.00. The number of fused-ring (bicyclic) bond motifs is 1. The summed E-state index contributed by atoms with van der Waals surface area (Å²) < 4.78 is 0. The van der Waals surface area contributed by atoms with Crippen LogP contribution in [0.4, 0.5) is 5.69 Å². The number of amides is 1. The van der Waals surface area contributed by atoms with Gasteiger partial charge in [-0.25, -0.2) is 0 Å². The summed E-state index contributed by atoms with van der Waals surface area (Å²) in [6, 6.07) is 9.84. The third kappa shape index (κ3) is 1.99. The van der Waals surface area contributed by atoms with Crippen molar-refractivity contribution < 1.29 is 15.0 Å². The van der Waals surface area contributed by atoms with Crippen molar-refractivity contribution in [3.63, 3.8) is 0 Å². The van der Waals surface area contributed by atoms with Crippen LogP contribution in [0.5, 0.6) is 11.5 Å². The molecule has 0 saturated heterocycles. The fourth-order valence-electron chi connectivity index (χ4n) is 2.69. The fraction of sp³-hybridized carbons (Fsp3) is 0.188. The van der Waals surface area contributed by atoms with Gasteiger partial charge in [-0.2, -0.15) is 0 Å². The first-order valence-electron chi connectivity index (χ1n) is 6.49. The molecule has 1 aliphatic heterocycles. The summed E-state index contributed by atoms with van der Waals surface area (Å²) in [5, 5.41) is 19.0. The minimum absolute atomic E-state index is 0.114. The Hall–Kier alpha value is -2.49. The Morgan fingerprint density at radius 3 is 2.55 bits per heavy atom. The molecule has 2 N–H and O–H groups in total. The highest BCUT2D eigenvalue weighted by Crippen LogP contribution is 2.32. The van der Waals surface area contributed by atoms with Crippen LogP contribution >= 0.6 is 0 Å². The van der Waals surface area contributed by atoms with E-state index in [0.717, 1.165) is 12.1 Å². The summed E-state index contributed by atoms with van der Waals surface area (Å²) in [7, 11) is 0. The van der Waals surface area contributed by atoms with E-state index in [-0.39, 0.29) is 23.0 Å². The van der Waals surface area contributed by atoms with Crippen molar-refractivity contribution >= 4 is 11.6 Å². The molecule has 0 unspecified atom stereocenters. The fourth-order valence-corrected chi connectivity index (χ4v) is 2.69. The maximum atomic E-state index is 12.5. The molecule has 4 nitrogen and oxygen atoms in total. The summed E-state index contributed by atoms with van der Waals surface area (Å²) >= 11 is 0. The summed E-state index contributed by atoms with van der Waals surface area (Å²) in [5.74, 6) is -0.436. The molecule has 2 aromatic rings. The summed E-state index contributed by atoms with van der Waals surface area (Å²) in [5.41, 5.74) is 3.57. The van der Waals surface area contributed by atoms with Gasteiger partial charge in [0, 0.05) is 23.9 Å². The zero-order chi connectivity index (χ0) is 14.3. The Morgan fingerprint density at radius 1 is 1.15 bits per heavy atom. The number of nitrogens with zero attached hydrogens (tertiary/aromatic N) is 1. The SMILES string of the molecule is Cc1cccc2c1CCN2C(=O)c1cc(O)cc(O)c1. The van der Waals surface area contributed by atoms with E-state index in [1.165, 1.54) is 29.3 Å². The number of rotatable bonds is 1. The molecule has 4 heteroatoms. The van der Waals surface area contributed by atoms with Gasteiger partial charge in [-0.1, -0.05) is 12.1 Å². The average Bonchev–Trinajstić information content (AvgIpc) is 2.82. The second-order valence-electron chi connectivity index (χ2n) is 5.02. The number of benzene rings is 2. The van der Waals surface area contributed by atoms with Crippen LogP contribution in [0.25, 0.3) is 0 Å². The van der Waals surface area contributed by atoms with Crippen LogP contribution < -0.4 is 4.90 Å². The zero-order valence-electron chi connectivity index (χ0n) is 11.1. The van der Waals surface area contributed by atoms with Crippen LogP contribution in [0.2, 0.25) is 0 Å². The van der Waals surface area contributed by atoms with Gasteiger partial charge in [0.2, 0.25) is 0 Å². The first-order valence-corrected chi connectivity index (χ1v) is 6.49. The van der Waals surface area contributed by atoms with Gasteiger partial charge in [0.05, 0.1) is 0 Å². The molecule has 0 spiro atoms. The monoisotopic (exact) mass is 269 g/mol. The molecule has 0 saturated carbocycles. The summed E-state index contributed by atoms with van der Waals surface area (Å²) in [6.45, 7) is 2.66. The van der Waals surface area contributed by atoms with Crippen molar-refractivity contribution in [3.8, 4) is 11.5 Å². The molecule has 0 bridgehead atoms. The van der Waals surface area contributed by atoms with Crippen LogP contribution in [0.15, 0.2) is 36.4 Å². The number of aryl methyl sites for hydroxylation is 1. The van der Waals surface area contributed by atoms with E-state index in [4.69, 9.17) is 0 Å². The third-order valence-corrected chi connectivity index (χ3v) is 3.66. The smallest absolute Gasteiger partial charge is 0.258 e. The Kier molecular flexibility index (Phi) is 2.86. The van der Waals surface area contributed by atoms with Gasteiger partial charge in [-0.15, -0.1) is 0 Å². The minimum Gasteiger partial charge on any atom is -0.508 e. The number of carbonyl (C=O) groups excluding carboxylic acids is 1. The van der Waals surface area contributed by atoms with E-state index >= 15 is 0 Å². The molecule has 3 rings (SSSR count). The van der Waals surface area contributed by atoms with Crippen LogP contribution in [-0.2, 0) is 6.42 Å². The first-order chi connectivity index (χ1) is 9.56. The maximum Gasteiger partial charge on any atom is 0.258 e. The maximum absolute atomic E-state index is 12.5. The van der Waals surface area contributed by atoms with E-state index in [2.05, 4.69) is 0 Å². The lowest BCUT2D eigenvalue weighted by Gasteiger charge is -2.18. The lowest BCUT2D eigenvalue weighted by Crippen LogP contribution is -2.28. The average molecular weight is 269 g/mol. The highest BCUT2D eigenvalue weighted by Gasteiger charge is 2.26. The van der Waals surface area contributed by atoms with Gasteiger partial charge in [0.1, 0.15) is 11.5 Å². The molecular formula is C16H15NO3. The second kappa shape index (κ2) is 4.56. The molecule has 0 fully saturated rings. The molecule has 2 aromatic carbocycles. The number of phenols is 2. The van der Waals surface area contributed by atoms with Crippen molar-refractivity contribution in [2.45, 2.75) is 13.3 Å². The van der Waals surface area contributed by atoms with Crippen LogP contribution in [0.3, 0.4) is 0 Å². The largest absolute Gasteiger partial charge is 0.508 e. The molecule has 1 heterocycles. The molecular weight excluding hydrogens is 254 g/mol. The molecule has 102 valence electrons. The molecule has 1 aliphatic rings. The summed E-state index contributed by atoms with van der Waals surface area (Å²) in [6.07, 6.45) is 0.832. The predicted molar refractivity (Wildman–Crippen MR) is 76.3 cm³/mol. The van der Waals surface area contributed by atoms with Gasteiger partial charge in [-0.3, -0.25) is 4.79 Å². The zero-order valence-corrected chi connectivity index (χ0v) is 11.1. The van der Waals surface area contributed by atoms with Crippen LogP contribution in [0, 0.1) is 6.92 Å². The molecule has 1 amide bonds. The molecule has 0 atom stereocenters. The lowest BCUT2D eigenvalue weighted by molar-refractivity contribution is 0.0988. The van der Waals surface area contributed by atoms with Gasteiger partial charge in [0.25, 0.3) is 5.91 Å². The van der Waals surface area contributed by atoms with E-state index in [1.807, 2.05) is 25.1 Å². The van der Waals surface area contributed by atoms with Crippen LogP contribution in [0.1, 0.15) is 21.5 Å². The number of hydrogen-bond donors (Lipinski definition) is 2. The molecule has 20 heavy (non-hydrogen) atoms. The molecule has 0 aliphatic carbocycles. The van der Waals surface area contributed by atoms with Gasteiger partial charge < -0.3 is 15.1 Å². The molecule has 0 radical (unpaired) electrons. The normalized spacial score (nSPS) is 13.3. The van der Waals surface area contributed by atoms with Crippen LogP contribution in [-0.4, -0.2) is 22.7 Å². The van der Waals surface area contributed by atoms with Crippen molar-refractivity contribution in [1.82, 2.24) is 0 Å². The lowest BCUT2D eigenvalue weighted by atomic mass is 10.1. The summed E-state index contributed by atoms with van der Waals surface area (Å²) in [4.78, 5) is 14.2. The Labute approximate surface area is 116 Å². The highest BCUT2D eigenvalue weighted by atomic mass is 16.3. The number of phenolic OH excluding ortho intramolecular Hbond substituents is 2.